The first-order chi connectivity index (χ1) is 9.97. The number of aromatic carboxylic acids is 1. The van der Waals surface area contributed by atoms with Crippen molar-refractivity contribution in [1.29, 1.82) is 0 Å². The zero-order valence-electron chi connectivity index (χ0n) is 12.4. The zero-order chi connectivity index (χ0) is 15.1. The third kappa shape index (κ3) is 2.32. The average molecular weight is 289 g/mol. The minimum absolute atomic E-state index is 0.219. The first kappa shape index (κ1) is 13.8. The van der Waals surface area contributed by atoms with Gasteiger partial charge in [-0.3, -0.25) is 0 Å². The maximum atomic E-state index is 11.2. The Morgan fingerprint density at radius 1 is 1.38 bits per heavy atom. The normalized spacial score (nSPS) is 16.7. The molecule has 2 heterocycles. The van der Waals surface area contributed by atoms with Gasteiger partial charge in [0.15, 0.2) is 11.5 Å². The van der Waals surface area contributed by atoms with Gasteiger partial charge >= 0.3 is 5.97 Å². The Labute approximate surface area is 122 Å². The van der Waals surface area contributed by atoms with E-state index < -0.39 is 5.97 Å². The second-order valence-corrected chi connectivity index (χ2v) is 5.72. The van der Waals surface area contributed by atoms with Gasteiger partial charge in [-0.25, -0.2) is 19.7 Å². The molecule has 2 aromatic rings. The number of carbonyl (C=O) groups is 1. The van der Waals surface area contributed by atoms with E-state index in [0.29, 0.717) is 17.4 Å². The molecule has 0 bridgehead atoms. The van der Waals surface area contributed by atoms with Crippen molar-refractivity contribution in [2.45, 2.75) is 39.2 Å². The minimum Gasteiger partial charge on any atom is -0.475 e. The van der Waals surface area contributed by atoms with E-state index in [2.05, 4.69) is 27.2 Å². The minimum atomic E-state index is -1.14. The standard InChI is InChI=1S/C14H19N5O2/c1-7(9-5-4-6-9)15-11-10-12(16-8(2)19(10)3)18-13(17-11)14(20)21/h7,9H,4-6H2,1-3H3,(H,20,21)(H,15,17,18)/t7-/m1/s1. The number of anilines is 1. The highest BCUT2D eigenvalue weighted by molar-refractivity contribution is 5.90. The van der Waals surface area contributed by atoms with Crippen molar-refractivity contribution in [3.63, 3.8) is 0 Å². The smallest absolute Gasteiger partial charge is 0.374 e. The Balaban J connectivity index is 2.06. The Morgan fingerprint density at radius 3 is 2.67 bits per heavy atom. The molecule has 0 aromatic carbocycles. The number of carboxylic acid groups (broad SMARTS) is 1. The third-order valence-electron chi connectivity index (χ3n) is 4.37. The molecule has 1 aliphatic rings. The summed E-state index contributed by atoms with van der Waals surface area (Å²) in [6.07, 6.45) is 3.68. The number of hydrogen-bond acceptors (Lipinski definition) is 5. The predicted molar refractivity (Wildman–Crippen MR) is 78.4 cm³/mol. The van der Waals surface area contributed by atoms with Crippen molar-refractivity contribution in [3.05, 3.63) is 11.6 Å². The number of rotatable bonds is 4. The molecule has 21 heavy (non-hydrogen) atoms. The van der Waals surface area contributed by atoms with E-state index in [0.717, 1.165) is 11.3 Å². The molecular weight excluding hydrogens is 270 g/mol. The molecule has 0 spiro atoms. The Kier molecular flexibility index (Phi) is 3.27. The molecule has 0 amide bonds. The lowest BCUT2D eigenvalue weighted by molar-refractivity contribution is 0.0684. The van der Waals surface area contributed by atoms with Crippen LogP contribution in [0.4, 0.5) is 5.82 Å². The molecule has 1 saturated carbocycles. The molecule has 7 nitrogen and oxygen atoms in total. The van der Waals surface area contributed by atoms with Crippen LogP contribution in [0.2, 0.25) is 0 Å². The second-order valence-electron chi connectivity index (χ2n) is 5.72. The van der Waals surface area contributed by atoms with Crippen LogP contribution in [0, 0.1) is 12.8 Å². The molecule has 1 fully saturated rings. The Hall–Kier alpha value is -2.18. The van der Waals surface area contributed by atoms with Crippen molar-refractivity contribution in [1.82, 2.24) is 19.5 Å². The molecule has 1 atom stereocenters. The highest BCUT2D eigenvalue weighted by atomic mass is 16.4. The van der Waals surface area contributed by atoms with Gasteiger partial charge in [0.1, 0.15) is 11.3 Å². The number of aryl methyl sites for hydroxylation is 2. The number of nitrogens with zero attached hydrogens (tertiary/aromatic N) is 4. The molecule has 7 heteroatoms. The van der Waals surface area contributed by atoms with Crippen molar-refractivity contribution in [2.75, 3.05) is 5.32 Å². The van der Waals surface area contributed by atoms with E-state index in [-0.39, 0.29) is 11.9 Å². The summed E-state index contributed by atoms with van der Waals surface area (Å²) in [6, 6.07) is 0.258. The van der Waals surface area contributed by atoms with Crippen LogP contribution in [-0.2, 0) is 7.05 Å². The van der Waals surface area contributed by atoms with Gasteiger partial charge in [-0.15, -0.1) is 0 Å². The number of carboxylic acids is 1. The van der Waals surface area contributed by atoms with Gasteiger partial charge in [-0.2, -0.15) is 0 Å². The van der Waals surface area contributed by atoms with Crippen LogP contribution in [0.25, 0.3) is 11.2 Å². The third-order valence-corrected chi connectivity index (χ3v) is 4.37. The van der Waals surface area contributed by atoms with Gasteiger partial charge in [0.2, 0.25) is 5.82 Å². The van der Waals surface area contributed by atoms with Gasteiger partial charge in [0, 0.05) is 13.1 Å². The largest absolute Gasteiger partial charge is 0.475 e. The van der Waals surface area contributed by atoms with Crippen molar-refractivity contribution < 1.29 is 9.90 Å². The van der Waals surface area contributed by atoms with Crippen molar-refractivity contribution in [3.8, 4) is 0 Å². The topological polar surface area (TPSA) is 92.9 Å². The highest BCUT2D eigenvalue weighted by Crippen LogP contribution is 2.32. The summed E-state index contributed by atoms with van der Waals surface area (Å²) in [7, 11) is 1.88. The van der Waals surface area contributed by atoms with Crippen LogP contribution in [0.15, 0.2) is 0 Å². The van der Waals surface area contributed by atoms with E-state index in [1.165, 1.54) is 19.3 Å². The quantitative estimate of drug-likeness (QED) is 0.894. The highest BCUT2D eigenvalue weighted by Gasteiger charge is 2.26. The van der Waals surface area contributed by atoms with Crippen LogP contribution in [0.3, 0.4) is 0 Å². The summed E-state index contributed by atoms with van der Waals surface area (Å²) in [5.41, 5.74) is 1.18. The average Bonchev–Trinajstić information content (AvgIpc) is 2.62. The Morgan fingerprint density at radius 2 is 2.10 bits per heavy atom. The van der Waals surface area contributed by atoms with Gasteiger partial charge in [0.25, 0.3) is 0 Å². The number of nitrogens with one attached hydrogen (secondary N) is 1. The predicted octanol–water partition coefficient (Wildman–Crippen LogP) is 1.97. The molecule has 1 aliphatic carbocycles. The van der Waals surface area contributed by atoms with Crippen LogP contribution in [0.1, 0.15) is 42.6 Å². The lowest BCUT2D eigenvalue weighted by Crippen LogP contribution is -2.31. The molecular formula is C14H19N5O2. The summed E-state index contributed by atoms with van der Waals surface area (Å²) in [4.78, 5) is 23.7. The summed E-state index contributed by atoms with van der Waals surface area (Å²) in [5.74, 6) is 0.599. The SMILES string of the molecule is Cc1nc2nc(C(=O)O)nc(N[C@H](C)C3CCC3)c2n1C. The number of aromatic nitrogens is 4. The molecule has 0 unspecified atom stereocenters. The van der Waals surface area contributed by atoms with Crippen LogP contribution in [-0.4, -0.2) is 36.6 Å². The fraction of sp³-hybridized carbons (Fsp3) is 0.571. The second kappa shape index (κ2) is 4.98. The van der Waals surface area contributed by atoms with E-state index in [1.807, 2.05) is 18.5 Å². The first-order valence-corrected chi connectivity index (χ1v) is 7.18. The summed E-state index contributed by atoms with van der Waals surface area (Å²) in [5, 5.41) is 12.5. The van der Waals surface area contributed by atoms with Crippen molar-refractivity contribution >= 4 is 23.0 Å². The molecule has 2 N–H and O–H groups in total. The van der Waals surface area contributed by atoms with Crippen molar-refractivity contribution in [2.24, 2.45) is 13.0 Å². The maximum Gasteiger partial charge on any atom is 0.374 e. The van der Waals surface area contributed by atoms with Gasteiger partial charge < -0.3 is 15.0 Å². The summed E-state index contributed by atoms with van der Waals surface area (Å²) in [6.45, 7) is 3.97. The van der Waals surface area contributed by atoms with Crippen LogP contribution in [0.5, 0.6) is 0 Å². The number of hydrogen-bond donors (Lipinski definition) is 2. The summed E-state index contributed by atoms with van der Waals surface area (Å²) < 4.78 is 1.89. The van der Waals surface area contributed by atoms with Gasteiger partial charge in [-0.1, -0.05) is 6.42 Å². The van der Waals surface area contributed by atoms with E-state index in [4.69, 9.17) is 5.11 Å². The summed E-state index contributed by atoms with van der Waals surface area (Å²) >= 11 is 0. The first-order valence-electron chi connectivity index (χ1n) is 7.18. The number of imidazole rings is 1. The van der Waals surface area contributed by atoms with E-state index >= 15 is 0 Å². The Bertz CT molecular complexity index is 705. The molecule has 3 rings (SSSR count). The van der Waals surface area contributed by atoms with Crippen LogP contribution < -0.4 is 5.32 Å². The maximum absolute atomic E-state index is 11.2. The van der Waals surface area contributed by atoms with Gasteiger partial charge in [-0.05, 0) is 32.6 Å². The van der Waals surface area contributed by atoms with E-state index in [1.54, 1.807) is 0 Å². The lowest BCUT2D eigenvalue weighted by atomic mass is 9.80. The van der Waals surface area contributed by atoms with E-state index in [9.17, 15) is 4.79 Å². The molecule has 2 aromatic heterocycles. The lowest BCUT2D eigenvalue weighted by Gasteiger charge is -2.32. The zero-order valence-corrected chi connectivity index (χ0v) is 12.4. The fourth-order valence-corrected chi connectivity index (χ4v) is 2.69. The fourth-order valence-electron chi connectivity index (χ4n) is 2.69. The molecule has 0 aliphatic heterocycles. The monoisotopic (exact) mass is 289 g/mol. The van der Waals surface area contributed by atoms with Gasteiger partial charge in [0.05, 0.1) is 0 Å². The molecule has 0 radical (unpaired) electrons. The molecule has 112 valence electrons. The van der Waals surface area contributed by atoms with Crippen LogP contribution >= 0.6 is 0 Å². The number of fused-ring (bicyclic) bond motifs is 1. The molecule has 0 saturated heterocycles.